The molecular weight excluding hydrogens is 346 g/mol. The van der Waals surface area contributed by atoms with Gasteiger partial charge in [0.25, 0.3) is 0 Å². The van der Waals surface area contributed by atoms with Crippen molar-refractivity contribution in [3.63, 3.8) is 0 Å². The minimum atomic E-state index is 0.634. The molecule has 0 radical (unpaired) electrons. The van der Waals surface area contributed by atoms with Crippen LogP contribution in [0.5, 0.6) is 5.88 Å². The van der Waals surface area contributed by atoms with Crippen molar-refractivity contribution in [1.29, 1.82) is 0 Å². The lowest BCUT2D eigenvalue weighted by Crippen LogP contribution is -2.15. The van der Waals surface area contributed by atoms with Gasteiger partial charge in [0.05, 0.1) is 23.0 Å². The van der Waals surface area contributed by atoms with Crippen LogP contribution in [-0.4, -0.2) is 41.9 Å². The van der Waals surface area contributed by atoms with Crippen molar-refractivity contribution in [1.82, 2.24) is 14.7 Å². The molecule has 4 nitrogen and oxygen atoms in total. The van der Waals surface area contributed by atoms with Gasteiger partial charge < -0.3 is 9.64 Å². The van der Waals surface area contributed by atoms with Crippen molar-refractivity contribution in [2.45, 2.75) is 12.8 Å². The zero-order valence-corrected chi connectivity index (χ0v) is 16.0. The van der Waals surface area contributed by atoms with Gasteiger partial charge in [-0.25, -0.2) is 4.68 Å². The van der Waals surface area contributed by atoms with E-state index in [1.54, 1.807) is 0 Å². The summed E-state index contributed by atoms with van der Waals surface area (Å²) in [6.07, 6.45) is 1.72. The van der Waals surface area contributed by atoms with Gasteiger partial charge in [0.2, 0.25) is 5.88 Å². The highest BCUT2D eigenvalue weighted by Crippen LogP contribution is 2.25. The van der Waals surface area contributed by atoms with E-state index < -0.39 is 0 Å². The first-order valence-corrected chi connectivity index (χ1v) is 9.16. The van der Waals surface area contributed by atoms with E-state index in [1.165, 1.54) is 5.56 Å². The predicted molar refractivity (Wildman–Crippen MR) is 106 cm³/mol. The summed E-state index contributed by atoms with van der Waals surface area (Å²) in [6, 6.07) is 20.1. The maximum absolute atomic E-state index is 6.40. The Morgan fingerprint density at radius 2 is 1.77 bits per heavy atom. The largest absolute Gasteiger partial charge is 0.477 e. The van der Waals surface area contributed by atoms with E-state index in [4.69, 9.17) is 16.3 Å². The Morgan fingerprint density at radius 1 is 1.04 bits per heavy atom. The first kappa shape index (κ1) is 18.5. The van der Waals surface area contributed by atoms with Crippen molar-refractivity contribution in [2.24, 2.45) is 0 Å². The number of rotatable bonds is 8. The van der Waals surface area contributed by atoms with Crippen LogP contribution in [0.3, 0.4) is 0 Å². The molecule has 3 rings (SSSR count). The van der Waals surface area contributed by atoms with Crippen molar-refractivity contribution in [2.75, 3.05) is 27.2 Å². The highest BCUT2D eigenvalue weighted by atomic mass is 35.5. The van der Waals surface area contributed by atoms with Crippen molar-refractivity contribution in [3.05, 3.63) is 76.9 Å². The van der Waals surface area contributed by atoms with Crippen LogP contribution in [0.4, 0.5) is 0 Å². The summed E-state index contributed by atoms with van der Waals surface area (Å²) in [4.78, 5) is 2.15. The van der Waals surface area contributed by atoms with Crippen LogP contribution in [0, 0.1) is 0 Å². The van der Waals surface area contributed by atoms with Gasteiger partial charge in [0, 0.05) is 19.0 Å². The number of ether oxygens (including phenoxy) is 1. The topological polar surface area (TPSA) is 30.3 Å². The molecule has 0 aliphatic heterocycles. The minimum absolute atomic E-state index is 0.634. The molecule has 2 aromatic carbocycles. The molecule has 0 N–H and O–H groups in total. The third-order valence-corrected chi connectivity index (χ3v) is 4.39. The van der Waals surface area contributed by atoms with Crippen LogP contribution in [0.1, 0.15) is 17.7 Å². The molecule has 0 fully saturated rings. The molecule has 136 valence electrons. The molecule has 0 atom stereocenters. The summed E-state index contributed by atoms with van der Waals surface area (Å²) in [5.41, 5.74) is 3.13. The lowest BCUT2D eigenvalue weighted by atomic mass is 10.1. The second-order valence-corrected chi connectivity index (χ2v) is 6.91. The first-order chi connectivity index (χ1) is 12.6. The molecule has 0 saturated heterocycles. The summed E-state index contributed by atoms with van der Waals surface area (Å²) >= 11 is 6.40. The Bertz CT molecular complexity index is 830. The normalized spacial score (nSPS) is 11.1. The number of hydrogen-bond acceptors (Lipinski definition) is 3. The Morgan fingerprint density at radius 3 is 2.50 bits per heavy atom. The van der Waals surface area contributed by atoms with Crippen molar-refractivity contribution >= 4 is 11.6 Å². The van der Waals surface area contributed by atoms with Gasteiger partial charge in [0.15, 0.2) is 0 Å². The molecular formula is C21H24ClN3O. The van der Waals surface area contributed by atoms with Gasteiger partial charge in [0.1, 0.15) is 0 Å². The van der Waals surface area contributed by atoms with Crippen molar-refractivity contribution in [3.8, 4) is 11.6 Å². The number of benzene rings is 2. The van der Waals surface area contributed by atoms with Crippen LogP contribution in [0.25, 0.3) is 5.69 Å². The average molecular weight is 370 g/mol. The SMILES string of the molecule is CN(C)CCCOc1cc(Cc2ccccc2)n(-c2ccccc2Cl)n1. The van der Waals surface area contributed by atoms with Crippen LogP contribution >= 0.6 is 11.6 Å². The lowest BCUT2D eigenvalue weighted by molar-refractivity contribution is 0.272. The molecule has 3 aromatic rings. The molecule has 0 bridgehead atoms. The zero-order valence-electron chi connectivity index (χ0n) is 15.2. The van der Waals surface area contributed by atoms with Crippen LogP contribution in [0.15, 0.2) is 60.7 Å². The van der Waals surface area contributed by atoms with Crippen LogP contribution in [-0.2, 0) is 6.42 Å². The molecule has 0 saturated carbocycles. The molecule has 0 amide bonds. The van der Waals surface area contributed by atoms with Crippen LogP contribution < -0.4 is 4.74 Å². The maximum atomic E-state index is 6.40. The second kappa shape index (κ2) is 8.88. The standard InChI is InChI=1S/C21H24ClN3O/c1-24(2)13-8-14-26-21-16-18(15-17-9-4-3-5-10-17)25(23-21)20-12-7-6-11-19(20)22/h3-7,9-12,16H,8,13-15H2,1-2H3. The van der Waals surface area contributed by atoms with Crippen molar-refractivity contribution < 1.29 is 4.74 Å². The molecule has 0 spiro atoms. The lowest BCUT2D eigenvalue weighted by Gasteiger charge is -2.09. The number of halogens is 1. The number of aromatic nitrogens is 2. The Kier molecular flexibility index (Phi) is 6.31. The minimum Gasteiger partial charge on any atom is -0.477 e. The summed E-state index contributed by atoms with van der Waals surface area (Å²) in [5.74, 6) is 0.634. The van der Waals surface area contributed by atoms with E-state index >= 15 is 0 Å². The molecule has 1 aromatic heterocycles. The smallest absolute Gasteiger partial charge is 0.233 e. The van der Waals surface area contributed by atoms with Gasteiger partial charge in [-0.3, -0.25) is 0 Å². The summed E-state index contributed by atoms with van der Waals surface area (Å²) in [7, 11) is 4.12. The fourth-order valence-electron chi connectivity index (χ4n) is 2.79. The maximum Gasteiger partial charge on any atom is 0.233 e. The average Bonchev–Trinajstić information content (AvgIpc) is 3.02. The van der Waals surface area contributed by atoms with E-state index in [0.29, 0.717) is 17.5 Å². The Labute approximate surface area is 160 Å². The quantitative estimate of drug-likeness (QED) is 0.549. The number of nitrogens with zero attached hydrogens (tertiary/aromatic N) is 3. The predicted octanol–water partition coefficient (Wildman–Crippen LogP) is 4.45. The molecule has 26 heavy (non-hydrogen) atoms. The van der Waals surface area contributed by atoms with E-state index in [1.807, 2.05) is 53.2 Å². The van der Waals surface area contributed by atoms with E-state index in [0.717, 1.165) is 30.8 Å². The summed E-state index contributed by atoms with van der Waals surface area (Å²) < 4.78 is 7.76. The summed E-state index contributed by atoms with van der Waals surface area (Å²) in [5, 5.41) is 5.32. The number of hydrogen-bond donors (Lipinski definition) is 0. The Balaban J connectivity index is 1.84. The van der Waals surface area contributed by atoms with Gasteiger partial charge in [-0.15, -0.1) is 5.10 Å². The van der Waals surface area contributed by atoms with Gasteiger partial charge >= 0.3 is 0 Å². The molecule has 5 heteroatoms. The highest BCUT2D eigenvalue weighted by Gasteiger charge is 2.13. The van der Waals surface area contributed by atoms with Gasteiger partial charge in [-0.2, -0.15) is 0 Å². The van der Waals surface area contributed by atoms with Gasteiger partial charge in [-0.05, 0) is 38.2 Å². The van der Waals surface area contributed by atoms with E-state index in [9.17, 15) is 0 Å². The molecule has 1 heterocycles. The highest BCUT2D eigenvalue weighted by molar-refractivity contribution is 6.32. The molecule has 0 aliphatic carbocycles. The fraction of sp³-hybridized carbons (Fsp3) is 0.286. The summed E-state index contributed by atoms with van der Waals surface area (Å²) in [6.45, 7) is 1.63. The monoisotopic (exact) mass is 369 g/mol. The van der Waals surface area contributed by atoms with Gasteiger partial charge in [-0.1, -0.05) is 54.1 Å². The second-order valence-electron chi connectivity index (χ2n) is 6.50. The fourth-order valence-corrected chi connectivity index (χ4v) is 3.00. The Hall–Kier alpha value is -2.30. The van der Waals surface area contributed by atoms with E-state index in [-0.39, 0.29) is 0 Å². The van der Waals surface area contributed by atoms with Crippen LogP contribution in [0.2, 0.25) is 5.02 Å². The third kappa shape index (κ3) is 4.87. The van der Waals surface area contributed by atoms with E-state index in [2.05, 4.69) is 36.2 Å². The molecule has 0 aliphatic rings. The zero-order chi connectivity index (χ0) is 18.4. The third-order valence-electron chi connectivity index (χ3n) is 4.07. The molecule has 0 unspecified atom stereocenters. The number of para-hydroxylation sites is 1. The first-order valence-electron chi connectivity index (χ1n) is 8.79.